The summed E-state index contributed by atoms with van der Waals surface area (Å²) in [6, 6.07) is 3.73. The molecule has 3 heterocycles. The van der Waals surface area contributed by atoms with E-state index < -0.39 is 0 Å². The van der Waals surface area contributed by atoms with Crippen molar-refractivity contribution in [3.05, 3.63) is 49.3 Å². The first-order chi connectivity index (χ1) is 15.1. The topological polar surface area (TPSA) is 93.3 Å². The Bertz CT molecular complexity index is 1220. The number of ether oxygens (including phenoxy) is 2. The number of hydrogen-bond donors (Lipinski definition) is 2. The zero-order chi connectivity index (χ0) is 21.4. The van der Waals surface area contributed by atoms with E-state index in [9.17, 15) is 9.59 Å². The summed E-state index contributed by atoms with van der Waals surface area (Å²) in [5.74, 6) is 1.70. The largest absolute Gasteiger partial charge is 0.486 e. The van der Waals surface area contributed by atoms with Gasteiger partial charge in [0.05, 0.1) is 10.4 Å². The van der Waals surface area contributed by atoms with E-state index in [4.69, 9.17) is 21.1 Å². The SMILES string of the molecule is O=C(CCc1nc2sc3c(c2c(=O)[nH]1)CCC3)NCCc1cc(Cl)c2c(c1)OCCO2. The summed E-state index contributed by atoms with van der Waals surface area (Å²) in [6.45, 7) is 1.47. The Morgan fingerprint density at radius 1 is 1.23 bits per heavy atom. The van der Waals surface area contributed by atoms with Crippen LogP contribution in [0.5, 0.6) is 11.5 Å². The molecule has 7 nitrogen and oxygen atoms in total. The van der Waals surface area contributed by atoms with Crippen molar-refractivity contribution in [3.63, 3.8) is 0 Å². The minimum atomic E-state index is -0.0877. The van der Waals surface area contributed by atoms with Crippen molar-refractivity contribution in [1.29, 1.82) is 0 Å². The molecule has 162 valence electrons. The number of benzene rings is 1. The summed E-state index contributed by atoms with van der Waals surface area (Å²) in [5, 5.41) is 4.17. The van der Waals surface area contributed by atoms with Crippen molar-refractivity contribution in [3.8, 4) is 11.5 Å². The van der Waals surface area contributed by atoms with E-state index in [1.54, 1.807) is 11.3 Å². The van der Waals surface area contributed by atoms with Crippen LogP contribution in [-0.2, 0) is 30.5 Å². The van der Waals surface area contributed by atoms with E-state index in [0.29, 0.717) is 54.9 Å². The molecule has 0 radical (unpaired) electrons. The average molecular weight is 460 g/mol. The van der Waals surface area contributed by atoms with E-state index in [0.717, 1.165) is 40.6 Å². The van der Waals surface area contributed by atoms with Crippen LogP contribution in [0.1, 0.15) is 34.7 Å². The number of carbonyl (C=O) groups excluding carboxylic acids is 1. The first kappa shape index (κ1) is 20.3. The van der Waals surface area contributed by atoms with Gasteiger partial charge in [-0.25, -0.2) is 4.98 Å². The van der Waals surface area contributed by atoms with Gasteiger partial charge in [-0.3, -0.25) is 9.59 Å². The van der Waals surface area contributed by atoms with Gasteiger partial charge in [-0.05, 0) is 48.9 Å². The lowest BCUT2D eigenvalue weighted by Gasteiger charge is -2.20. The van der Waals surface area contributed by atoms with Gasteiger partial charge in [0, 0.05) is 24.3 Å². The predicted octanol–water partition coefficient (Wildman–Crippen LogP) is 3.19. The van der Waals surface area contributed by atoms with Gasteiger partial charge in [0.2, 0.25) is 5.91 Å². The van der Waals surface area contributed by atoms with Crippen molar-refractivity contribution < 1.29 is 14.3 Å². The molecule has 1 aromatic carbocycles. The minimum Gasteiger partial charge on any atom is -0.486 e. The van der Waals surface area contributed by atoms with E-state index in [1.807, 2.05) is 12.1 Å². The molecule has 0 saturated heterocycles. The van der Waals surface area contributed by atoms with Crippen LogP contribution in [0.3, 0.4) is 0 Å². The number of amides is 1. The monoisotopic (exact) mass is 459 g/mol. The first-order valence-electron chi connectivity index (χ1n) is 10.5. The Kier molecular flexibility index (Phi) is 5.58. The lowest BCUT2D eigenvalue weighted by atomic mass is 10.1. The van der Waals surface area contributed by atoms with Crippen LogP contribution in [0, 0.1) is 0 Å². The van der Waals surface area contributed by atoms with Gasteiger partial charge in [0.15, 0.2) is 11.5 Å². The molecular weight excluding hydrogens is 438 g/mol. The maximum absolute atomic E-state index is 12.5. The Balaban J connectivity index is 1.16. The van der Waals surface area contributed by atoms with Gasteiger partial charge in [-0.2, -0.15) is 0 Å². The highest BCUT2D eigenvalue weighted by molar-refractivity contribution is 7.18. The first-order valence-corrected chi connectivity index (χ1v) is 11.7. The number of halogens is 1. The highest BCUT2D eigenvalue weighted by Crippen LogP contribution is 2.38. The Morgan fingerprint density at radius 3 is 3.00 bits per heavy atom. The third-order valence-corrected chi connectivity index (χ3v) is 7.07. The lowest BCUT2D eigenvalue weighted by molar-refractivity contribution is -0.121. The molecule has 1 amide bonds. The fourth-order valence-corrected chi connectivity index (χ4v) is 5.71. The molecule has 0 unspecified atom stereocenters. The number of rotatable bonds is 6. The normalized spacial score (nSPS) is 14.6. The van der Waals surface area contributed by atoms with Crippen molar-refractivity contribution >= 4 is 39.1 Å². The van der Waals surface area contributed by atoms with Crippen LogP contribution < -0.4 is 20.3 Å². The number of aryl methyl sites for hydroxylation is 3. The number of aromatic amines is 1. The second kappa shape index (κ2) is 8.51. The van der Waals surface area contributed by atoms with Crippen LogP contribution >= 0.6 is 22.9 Å². The Morgan fingerprint density at radius 2 is 2.10 bits per heavy atom. The van der Waals surface area contributed by atoms with E-state index in [1.165, 1.54) is 4.88 Å². The molecule has 0 atom stereocenters. The molecule has 0 spiro atoms. The van der Waals surface area contributed by atoms with E-state index in [-0.39, 0.29) is 17.9 Å². The van der Waals surface area contributed by atoms with Gasteiger partial charge in [0.25, 0.3) is 5.56 Å². The van der Waals surface area contributed by atoms with Crippen molar-refractivity contribution in [2.45, 2.75) is 38.5 Å². The second-order valence-electron chi connectivity index (χ2n) is 7.75. The number of hydrogen-bond acceptors (Lipinski definition) is 6. The third kappa shape index (κ3) is 4.14. The molecule has 31 heavy (non-hydrogen) atoms. The summed E-state index contributed by atoms with van der Waals surface area (Å²) in [7, 11) is 0. The fourth-order valence-electron chi connectivity index (χ4n) is 4.14. The van der Waals surface area contributed by atoms with E-state index in [2.05, 4.69) is 15.3 Å². The zero-order valence-corrected chi connectivity index (χ0v) is 18.5. The molecule has 0 bridgehead atoms. The van der Waals surface area contributed by atoms with Gasteiger partial charge in [-0.15, -0.1) is 11.3 Å². The molecule has 5 rings (SSSR count). The summed E-state index contributed by atoms with van der Waals surface area (Å²) in [5.41, 5.74) is 2.05. The summed E-state index contributed by atoms with van der Waals surface area (Å²) >= 11 is 7.87. The van der Waals surface area contributed by atoms with E-state index >= 15 is 0 Å². The Hall–Kier alpha value is -2.58. The molecule has 0 fully saturated rings. The zero-order valence-electron chi connectivity index (χ0n) is 16.9. The molecular formula is C22H22ClN3O4S. The van der Waals surface area contributed by atoms with Crippen LogP contribution in [0.2, 0.25) is 5.02 Å². The second-order valence-corrected chi connectivity index (χ2v) is 9.24. The van der Waals surface area contributed by atoms with Crippen molar-refractivity contribution in [2.75, 3.05) is 19.8 Å². The number of thiophene rings is 1. The van der Waals surface area contributed by atoms with Crippen molar-refractivity contribution in [2.24, 2.45) is 0 Å². The molecule has 1 aliphatic carbocycles. The molecule has 9 heteroatoms. The number of nitrogens with one attached hydrogen (secondary N) is 2. The summed E-state index contributed by atoms with van der Waals surface area (Å²) < 4.78 is 11.1. The number of carbonyl (C=O) groups is 1. The molecule has 3 aromatic rings. The molecule has 1 aliphatic heterocycles. The number of aromatic nitrogens is 2. The maximum atomic E-state index is 12.5. The average Bonchev–Trinajstić information content (AvgIpc) is 3.33. The third-order valence-electron chi connectivity index (χ3n) is 5.61. The number of nitrogens with zero attached hydrogens (tertiary/aromatic N) is 1. The van der Waals surface area contributed by atoms with Gasteiger partial charge in [-0.1, -0.05) is 11.6 Å². The highest BCUT2D eigenvalue weighted by Gasteiger charge is 2.21. The molecule has 0 saturated carbocycles. The molecule has 2 aliphatic rings. The van der Waals surface area contributed by atoms with Gasteiger partial charge in [0.1, 0.15) is 23.9 Å². The molecule has 2 N–H and O–H groups in total. The molecule has 2 aromatic heterocycles. The van der Waals surface area contributed by atoms with Crippen LogP contribution in [-0.4, -0.2) is 35.6 Å². The van der Waals surface area contributed by atoms with Gasteiger partial charge >= 0.3 is 0 Å². The lowest BCUT2D eigenvalue weighted by Crippen LogP contribution is -2.26. The predicted molar refractivity (Wildman–Crippen MR) is 120 cm³/mol. The smallest absolute Gasteiger partial charge is 0.259 e. The van der Waals surface area contributed by atoms with Crippen molar-refractivity contribution in [1.82, 2.24) is 15.3 Å². The Labute approximate surface area is 187 Å². The number of H-pyrrole nitrogens is 1. The fraction of sp³-hybridized carbons (Fsp3) is 0.409. The summed E-state index contributed by atoms with van der Waals surface area (Å²) in [4.78, 5) is 34.3. The van der Waals surface area contributed by atoms with Crippen LogP contribution in [0.15, 0.2) is 16.9 Å². The summed E-state index contributed by atoms with van der Waals surface area (Å²) in [6.07, 6.45) is 4.39. The minimum absolute atomic E-state index is 0.0833. The van der Waals surface area contributed by atoms with Crippen LogP contribution in [0.25, 0.3) is 10.2 Å². The van der Waals surface area contributed by atoms with Crippen LogP contribution in [0.4, 0.5) is 0 Å². The highest BCUT2D eigenvalue weighted by atomic mass is 35.5. The quantitative estimate of drug-likeness (QED) is 0.590. The standard InChI is InChI=1S/C22H22ClN3O4S/c23-14-10-12(11-15-20(14)30-9-8-29-15)6-7-24-18(27)5-4-17-25-21(28)19-13-2-1-3-16(13)31-22(19)26-17/h10-11H,1-9H2,(H,24,27)(H,25,26,28). The van der Waals surface area contributed by atoms with Gasteiger partial charge < -0.3 is 19.8 Å². The number of fused-ring (bicyclic) bond motifs is 4. The maximum Gasteiger partial charge on any atom is 0.259 e.